The quantitative estimate of drug-likeness (QED) is 0.114. The van der Waals surface area contributed by atoms with E-state index in [4.69, 9.17) is 42.6 Å². The van der Waals surface area contributed by atoms with Gasteiger partial charge in [0.1, 0.15) is 61.0 Å². The Morgan fingerprint density at radius 2 is 1.14 bits per heavy atom. The van der Waals surface area contributed by atoms with Gasteiger partial charge in [0.15, 0.2) is 25.2 Å². The maximum atomic E-state index is 10.7. The van der Waals surface area contributed by atoms with Crippen molar-refractivity contribution < 1.29 is 83.5 Å². The highest BCUT2D eigenvalue weighted by Gasteiger charge is 2.50. The minimum absolute atomic E-state index is 0.200. The molecule has 0 aromatic heterocycles. The first-order chi connectivity index (χ1) is 20.4. The van der Waals surface area contributed by atoms with Gasteiger partial charge >= 0.3 is 0 Å². The first-order valence-electron chi connectivity index (χ1n) is 14.4. The van der Waals surface area contributed by atoms with Crippen molar-refractivity contribution >= 4 is 0 Å². The van der Waals surface area contributed by atoms with Crippen LogP contribution in [0.4, 0.5) is 0 Å². The lowest BCUT2D eigenvalue weighted by atomic mass is 9.97. The zero-order valence-corrected chi connectivity index (χ0v) is 24.5. The molecule has 252 valence electrons. The number of methoxy groups -OCH3 is 2. The average molecular weight is 631 g/mol. The van der Waals surface area contributed by atoms with Crippen LogP contribution in [0, 0.1) is 0 Å². The first kappa shape index (κ1) is 35.2. The third kappa shape index (κ3) is 7.83. The summed E-state index contributed by atoms with van der Waals surface area (Å²) in [5, 5.41) is 81.2. The van der Waals surface area contributed by atoms with E-state index >= 15 is 0 Å². The Kier molecular flexibility index (Phi) is 12.5. The van der Waals surface area contributed by atoms with Crippen LogP contribution >= 0.6 is 0 Å². The molecule has 4 heterocycles. The predicted molar refractivity (Wildman–Crippen MR) is 138 cm³/mol. The minimum atomic E-state index is -1.71. The molecule has 4 aliphatic heterocycles. The van der Waals surface area contributed by atoms with Crippen molar-refractivity contribution in [1.82, 2.24) is 0 Å². The molecule has 0 radical (unpaired) electrons. The molecule has 18 atom stereocenters. The zero-order chi connectivity index (χ0) is 31.6. The molecular formula is C26H46O17. The van der Waals surface area contributed by atoms with Gasteiger partial charge in [0, 0.05) is 27.1 Å². The molecule has 43 heavy (non-hydrogen) atoms. The second-order valence-electron chi connectivity index (χ2n) is 11.3. The van der Waals surface area contributed by atoms with Gasteiger partial charge in [-0.3, -0.25) is 0 Å². The van der Waals surface area contributed by atoms with Gasteiger partial charge in [-0.1, -0.05) is 0 Å². The molecule has 0 bridgehead atoms. The van der Waals surface area contributed by atoms with Crippen LogP contribution in [0.25, 0.3) is 0 Å². The lowest BCUT2D eigenvalue weighted by Gasteiger charge is -2.46. The Morgan fingerprint density at radius 3 is 1.77 bits per heavy atom. The molecule has 4 saturated heterocycles. The van der Waals surface area contributed by atoms with Crippen molar-refractivity contribution in [3.63, 3.8) is 0 Å². The highest BCUT2D eigenvalue weighted by atomic mass is 16.8. The topological polar surface area (TPSA) is 245 Å². The van der Waals surface area contributed by atoms with E-state index in [0.29, 0.717) is 0 Å². The van der Waals surface area contributed by atoms with E-state index in [0.717, 1.165) is 0 Å². The van der Waals surface area contributed by atoms with Crippen molar-refractivity contribution in [3.8, 4) is 0 Å². The fourth-order valence-corrected chi connectivity index (χ4v) is 5.85. The SMILES string of the molecule is CO[C@H]1C[C@H](O[C@H]2[C@@H](OC)C[C@H](O)O[C@@H]2C)O[C@H](C)[C@H]1O[C@@H]1O[C@H](CO[C@@H]2O[C@H](CO)[C@@H](O)[C@H](O)[C@H]2O)[C@@H](O)[C@H](O)[C@H]1O. The maximum absolute atomic E-state index is 10.7. The average Bonchev–Trinajstić information content (AvgIpc) is 2.98. The zero-order valence-electron chi connectivity index (χ0n) is 24.5. The molecule has 17 nitrogen and oxygen atoms in total. The van der Waals surface area contributed by atoms with Crippen molar-refractivity contribution in [3.05, 3.63) is 0 Å². The van der Waals surface area contributed by atoms with E-state index in [-0.39, 0.29) is 12.8 Å². The molecule has 0 spiro atoms. The highest BCUT2D eigenvalue weighted by Crippen LogP contribution is 2.33. The van der Waals surface area contributed by atoms with Gasteiger partial charge in [-0.15, -0.1) is 0 Å². The van der Waals surface area contributed by atoms with E-state index in [2.05, 4.69) is 0 Å². The summed E-state index contributed by atoms with van der Waals surface area (Å²) in [6, 6.07) is 0. The maximum Gasteiger partial charge on any atom is 0.187 e. The van der Waals surface area contributed by atoms with E-state index in [1.807, 2.05) is 0 Å². The summed E-state index contributed by atoms with van der Waals surface area (Å²) in [6.45, 7) is 2.30. The second kappa shape index (κ2) is 15.3. The van der Waals surface area contributed by atoms with Crippen LogP contribution in [0.15, 0.2) is 0 Å². The monoisotopic (exact) mass is 630 g/mol. The summed E-state index contributed by atoms with van der Waals surface area (Å²) < 4.78 is 51.4. The predicted octanol–water partition coefficient (Wildman–Crippen LogP) is -4.33. The van der Waals surface area contributed by atoms with Gasteiger partial charge in [0.2, 0.25) is 0 Å². The Labute approximate surface area is 248 Å². The van der Waals surface area contributed by atoms with Crippen LogP contribution in [0.3, 0.4) is 0 Å². The summed E-state index contributed by atoms with van der Waals surface area (Å²) in [5.74, 6) is 0. The molecule has 0 aromatic rings. The van der Waals surface area contributed by atoms with Crippen molar-refractivity contribution in [2.75, 3.05) is 27.4 Å². The summed E-state index contributed by atoms with van der Waals surface area (Å²) in [7, 11) is 2.98. The first-order valence-corrected chi connectivity index (χ1v) is 14.4. The fourth-order valence-electron chi connectivity index (χ4n) is 5.85. The Balaban J connectivity index is 1.37. The fraction of sp³-hybridized carbons (Fsp3) is 1.00. The minimum Gasteiger partial charge on any atom is -0.394 e. The van der Waals surface area contributed by atoms with Gasteiger partial charge < -0.3 is 83.5 Å². The lowest BCUT2D eigenvalue weighted by molar-refractivity contribution is -0.359. The third-order valence-corrected chi connectivity index (χ3v) is 8.40. The molecule has 17 heteroatoms. The van der Waals surface area contributed by atoms with E-state index in [1.54, 1.807) is 13.8 Å². The summed E-state index contributed by atoms with van der Waals surface area (Å²) in [5.41, 5.74) is 0. The standard InChI is InChI=1S/C26H46O17/c1-9-23(11(35-3)5-15(28)38-9)42-16-6-12(36-4)24(10(2)39-16)43-26-22(34)20(32)18(30)14(41-26)8-37-25-21(33)19(31)17(29)13(7-27)40-25/h9-34H,5-8H2,1-4H3/t9-,10-,11+,12+,13-,14-,15-,16+,17-,18-,19+,20+,21-,22-,23-,24-,25-,26+/m1/s1. The van der Waals surface area contributed by atoms with Gasteiger partial charge in [-0.2, -0.15) is 0 Å². The second-order valence-corrected chi connectivity index (χ2v) is 11.3. The molecular weight excluding hydrogens is 584 g/mol. The largest absolute Gasteiger partial charge is 0.394 e. The number of ether oxygens (including phenoxy) is 9. The number of aliphatic hydroxyl groups is 8. The molecule has 4 rings (SSSR count). The molecule has 0 aliphatic carbocycles. The van der Waals surface area contributed by atoms with Crippen LogP contribution in [-0.4, -0.2) is 179 Å². The number of aliphatic hydroxyl groups excluding tert-OH is 8. The van der Waals surface area contributed by atoms with Gasteiger partial charge in [0.25, 0.3) is 0 Å². The van der Waals surface area contributed by atoms with Crippen LogP contribution in [0.1, 0.15) is 26.7 Å². The Morgan fingerprint density at radius 1 is 0.605 bits per heavy atom. The Bertz CT molecular complexity index is 852. The number of hydrogen-bond acceptors (Lipinski definition) is 17. The smallest absolute Gasteiger partial charge is 0.187 e. The molecule has 0 saturated carbocycles. The number of rotatable bonds is 10. The Hall–Kier alpha value is -0.680. The third-order valence-electron chi connectivity index (χ3n) is 8.40. The van der Waals surface area contributed by atoms with Gasteiger partial charge in [-0.25, -0.2) is 0 Å². The van der Waals surface area contributed by atoms with Gasteiger partial charge in [-0.05, 0) is 13.8 Å². The van der Waals surface area contributed by atoms with Crippen molar-refractivity contribution in [2.45, 2.75) is 137 Å². The molecule has 0 unspecified atom stereocenters. The molecule has 4 fully saturated rings. The normalized spacial score (nSPS) is 51.3. The van der Waals surface area contributed by atoms with Crippen LogP contribution in [0.5, 0.6) is 0 Å². The molecule has 0 amide bonds. The molecule has 0 aromatic carbocycles. The van der Waals surface area contributed by atoms with Crippen LogP contribution in [0.2, 0.25) is 0 Å². The molecule has 4 aliphatic rings. The summed E-state index contributed by atoms with van der Waals surface area (Å²) in [4.78, 5) is 0. The highest BCUT2D eigenvalue weighted by molar-refractivity contribution is 4.93. The van der Waals surface area contributed by atoms with Crippen molar-refractivity contribution in [2.24, 2.45) is 0 Å². The lowest BCUT2D eigenvalue weighted by Crippen LogP contribution is -2.63. The number of hydrogen-bond donors (Lipinski definition) is 8. The van der Waals surface area contributed by atoms with E-state index in [9.17, 15) is 40.9 Å². The van der Waals surface area contributed by atoms with Gasteiger partial charge in [0.05, 0.1) is 37.6 Å². The summed E-state index contributed by atoms with van der Waals surface area (Å²) >= 11 is 0. The van der Waals surface area contributed by atoms with Crippen LogP contribution < -0.4 is 0 Å². The molecule has 8 N–H and O–H groups in total. The van der Waals surface area contributed by atoms with E-state index in [1.165, 1.54) is 14.2 Å². The summed E-state index contributed by atoms with van der Waals surface area (Å²) in [6.07, 6.45) is -20.3. The van der Waals surface area contributed by atoms with Crippen molar-refractivity contribution in [1.29, 1.82) is 0 Å². The van der Waals surface area contributed by atoms with Crippen LogP contribution in [-0.2, 0) is 42.6 Å². The van der Waals surface area contributed by atoms with E-state index < -0.39 is 124 Å².